The van der Waals surface area contributed by atoms with Gasteiger partial charge in [0.1, 0.15) is 0 Å². The summed E-state index contributed by atoms with van der Waals surface area (Å²) >= 11 is 0. The summed E-state index contributed by atoms with van der Waals surface area (Å²) in [6.45, 7) is 13.5. The summed E-state index contributed by atoms with van der Waals surface area (Å²) < 4.78 is 6.12. The van der Waals surface area contributed by atoms with Gasteiger partial charge in [0, 0.05) is 21.1 Å². The van der Waals surface area contributed by atoms with Gasteiger partial charge in [0.05, 0.1) is 13.7 Å². The molecule has 1 atom stereocenters. The van der Waals surface area contributed by atoms with Crippen molar-refractivity contribution in [2.45, 2.75) is 44.8 Å². The fourth-order valence-corrected chi connectivity index (χ4v) is 8.12. The molecule has 80 valence electrons. The van der Waals surface area contributed by atoms with E-state index in [1.54, 1.807) is 0 Å². The third-order valence-electron chi connectivity index (χ3n) is 3.39. The summed E-state index contributed by atoms with van der Waals surface area (Å²) in [7, 11) is -2.34. The van der Waals surface area contributed by atoms with Gasteiger partial charge < -0.3 is 4.43 Å². The van der Waals surface area contributed by atoms with E-state index in [2.05, 4.69) is 32.8 Å². The Labute approximate surface area is 98.1 Å². The zero-order valence-electron chi connectivity index (χ0n) is 9.00. The maximum absolute atomic E-state index is 6.12. The van der Waals surface area contributed by atoms with Gasteiger partial charge >= 0.3 is 0 Å². The molecule has 13 heavy (non-hydrogen) atoms. The first-order valence-corrected chi connectivity index (χ1v) is 11.8. The van der Waals surface area contributed by atoms with Crippen molar-refractivity contribution >= 4 is 15.4 Å². The zero-order chi connectivity index (χ0) is 9.41. The van der Waals surface area contributed by atoms with Crippen LogP contribution in [0.3, 0.4) is 0 Å². The van der Waals surface area contributed by atoms with Crippen LogP contribution >= 0.6 is 0 Å². The summed E-state index contributed by atoms with van der Waals surface area (Å²) in [5.74, 6) is 0. The monoisotopic (exact) mass is 395 g/mol. The van der Waals surface area contributed by atoms with E-state index >= 15 is 0 Å². The number of hydrogen-bond acceptors (Lipinski definition) is 1. The maximum atomic E-state index is 6.12. The standard InChI is InChI=1S/C9H20OSi2.Pt/c1-6-9-7-8-11(2,3)12(4,5)10-9;/h6,9H,1,7-8H2,2-5H3;. The molecule has 0 spiro atoms. The first-order chi connectivity index (χ1) is 5.39. The van der Waals surface area contributed by atoms with Crippen LogP contribution in [0.1, 0.15) is 6.42 Å². The first kappa shape index (κ1) is 13.8. The molecule has 0 aromatic rings. The predicted octanol–water partition coefficient (Wildman–Crippen LogP) is 2.95. The molecule has 1 unspecified atom stereocenters. The average molecular weight is 396 g/mol. The summed E-state index contributed by atoms with van der Waals surface area (Å²) in [4.78, 5) is 0. The van der Waals surface area contributed by atoms with E-state index in [1.807, 2.05) is 6.08 Å². The van der Waals surface area contributed by atoms with E-state index in [1.165, 1.54) is 12.5 Å². The third kappa shape index (κ3) is 2.88. The molecule has 1 saturated heterocycles. The Morgan fingerprint density at radius 1 is 1.31 bits per heavy atom. The van der Waals surface area contributed by atoms with E-state index in [9.17, 15) is 0 Å². The molecule has 0 N–H and O–H groups in total. The maximum Gasteiger partial charge on any atom is 0.174 e. The minimum Gasteiger partial charge on any atom is -0.414 e. The summed E-state index contributed by atoms with van der Waals surface area (Å²) in [6, 6.07) is 1.42. The molecular formula is C9H20OPtSi2. The second-order valence-electron chi connectivity index (χ2n) is 4.82. The molecule has 0 saturated carbocycles. The number of hydrogen-bond donors (Lipinski definition) is 0. The van der Waals surface area contributed by atoms with Crippen molar-refractivity contribution in [1.29, 1.82) is 0 Å². The molecule has 0 aromatic carbocycles. The Hall–Kier alpha value is 0.822. The van der Waals surface area contributed by atoms with Gasteiger partial charge in [-0.1, -0.05) is 25.2 Å². The molecule has 1 nitrogen and oxygen atoms in total. The Morgan fingerprint density at radius 3 is 2.23 bits per heavy atom. The molecule has 0 amide bonds. The quantitative estimate of drug-likeness (QED) is 0.490. The van der Waals surface area contributed by atoms with Gasteiger partial charge in [0.2, 0.25) is 0 Å². The van der Waals surface area contributed by atoms with Crippen LogP contribution in [0.15, 0.2) is 12.7 Å². The molecular weight excluding hydrogens is 375 g/mol. The van der Waals surface area contributed by atoms with Crippen LogP contribution in [0.25, 0.3) is 0 Å². The molecule has 1 rings (SSSR count). The largest absolute Gasteiger partial charge is 0.414 e. The van der Waals surface area contributed by atoms with Gasteiger partial charge in [0.15, 0.2) is 7.83 Å². The van der Waals surface area contributed by atoms with E-state index in [0.29, 0.717) is 6.10 Å². The van der Waals surface area contributed by atoms with Crippen molar-refractivity contribution in [2.75, 3.05) is 0 Å². The predicted molar refractivity (Wildman–Crippen MR) is 59.5 cm³/mol. The normalized spacial score (nSPS) is 30.3. The van der Waals surface area contributed by atoms with Crippen LogP contribution in [0.5, 0.6) is 0 Å². The fraction of sp³-hybridized carbons (Fsp3) is 0.778. The van der Waals surface area contributed by atoms with Crippen molar-refractivity contribution < 1.29 is 25.5 Å². The molecule has 0 radical (unpaired) electrons. The van der Waals surface area contributed by atoms with Gasteiger partial charge in [-0.3, -0.25) is 0 Å². The second-order valence-corrected chi connectivity index (χ2v) is 20.0. The van der Waals surface area contributed by atoms with E-state index in [-0.39, 0.29) is 21.1 Å². The Morgan fingerprint density at radius 2 is 1.85 bits per heavy atom. The van der Waals surface area contributed by atoms with Crippen LogP contribution in [0.2, 0.25) is 32.2 Å². The SMILES string of the molecule is C=CC1CC[Si](C)(C)[Si](C)(C)O1.[Pt]. The molecule has 1 heterocycles. The minimum atomic E-state index is -1.33. The van der Waals surface area contributed by atoms with E-state index in [0.717, 1.165) is 0 Å². The van der Waals surface area contributed by atoms with Crippen molar-refractivity contribution in [2.24, 2.45) is 0 Å². The first-order valence-electron chi connectivity index (χ1n) is 4.69. The molecule has 4 heteroatoms. The second kappa shape index (κ2) is 4.56. The van der Waals surface area contributed by atoms with Crippen molar-refractivity contribution in [3.8, 4) is 0 Å². The van der Waals surface area contributed by atoms with Gasteiger partial charge in [0.25, 0.3) is 0 Å². The molecule has 1 aliphatic heterocycles. The van der Waals surface area contributed by atoms with E-state index < -0.39 is 15.4 Å². The molecule has 0 aliphatic carbocycles. The topological polar surface area (TPSA) is 9.23 Å². The van der Waals surface area contributed by atoms with Crippen LogP contribution in [-0.4, -0.2) is 21.5 Å². The fourth-order valence-electron chi connectivity index (χ4n) is 1.57. The minimum absolute atomic E-state index is 0. The van der Waals surface area contributed by atoms with Crippen molar-refractivity contribution in [3.63, 3.8) is 0 Å². The Kier molecular flexibility index (Phi) is 4.85. The Balaban J connectivity index is 0.00000144. The Bertz CT molecular complexity index is 192. The summed E-state index contributed by atoms with van der Waals surface area (Å²) in [5, 5.41) is 0. The molecule has 0 aromatic heterocycles. The van der Waals surface area contributed by atoms with Gasteiger partial charge in [-0.2, -0.15) is 0 Å². The smallest absolute Gasteiger partial charge is 0.174 e. The van der Waals surface area contributed by atoms with Crippen LogP contribution in [0, 0.1) is 0 Å². The third-order valence-corrected chi connectivity index (χ3v) is 20.0. The molecule has 1 fully saturated rings. The molecule has 0 bridgehead atoms. The summed E-state index contributed by atoms with van der Waals surface area (Å²) in [6.07, 6.45) is 3.53. The van der Waals surface area contributed by atoms with Gasteiger partial charge in [-0.15, -0.1) is 6.58 Å². The van der Waals surface area contributed by atoms with Crippen LogP contribution in [0.4, 0.5) is 0 Å². The zero-order valence-corrected chi connectivity index (χ0v) is 13.3. The van der Waals surface area contributed by atoms with Crippen LogP contribution < -0.4 is 0 Å². The molecule has 1 aliphatic rings. The summed E-state index contributed by atoms with van der Waals surface area (Å²) in [5.41, 5.74) is 0. The number of rotatable bonds is 1. The van der Waals surface area contributed by atoms with Crippen LogP contribution in [-0.2, 0) is 25.5 Å². The van der Waals surface area contributed by atoms with Crippen molar-refractivity contribution in [1.82, 2.24) is 0 Å². The van der Waals surface area contributed by atoms with Crippen molar-refractivity contribution in [3.05, 3.63) is 12.7 Å². The van der Waals surface area contributed by atoms with E-state index in [4.69, 9.17) is 4.43 Å². The van der Waals surface area contributed by atoms with Gasteiger partial charge in [-0.05, 0) is 19.5 Å². The van der Waals surface area contributed by atoms with Gasteiger partial charge in [-0.25, -0.2) is 0 Å². The average Bonchev–Trinajstić information content (AvgIpc) is 1.95.